The van der Waals surface area contributed by atoms with Crippen molar-refractivity contribution in [2.24, 2.45) is 0 Å². The third-order valence-corrected chi connectivity index (χ3v) is 5.32. The lowest BCUT2D eigenvalue weighted by Crippen LogP contribution is -2.34. The summed E-state index contributed by atoms with van der Waals surface area (Å²) in [5.41, 5.74) is 0.625. The fourth-order valence-corrected chi connectivity index (χ4v) is 3.57. The van der Waals surface area contributed by atoms with E-state index in [0.29, 0.717) is 11.4 Å². The zero-order valence-corrected chi connectivity index (χ0v) is 14.7. The highest BCUT2D eigenvalue weighted by Crippen LogP contribution is 2.24. The molecule has 1 amide bonds. The average molecular weight is 380 g/mol. The molecule has 3 rings (SSSR count). The molecule has 0 bridgehead atoms. The molecule has 1 saturated heterocycles. The van der Waals surface area contributed by atoms with E-state index in [-0.39, 0.29) is 18.0 Å². The second-order valence-electron chi connectivity index (χ2n) is 5.62. The summed E-state index contributed by atoms with van der Waals surface area (Å²) in [6.45, 7) is 0.120. The van der Waals surface area contributed by atoms with Crippen molar-refractivity contribution < 1.29 is 27.1 Å². The minimum absolute atomic E-state index is 0.0600. The number of nitrogens with zero attached hydrogens (tertiary/aromatic N) is 1. The number of hydrogen-bond acceptors (Lipinski definition) is 5. The van der Waals surface area contributed by atoms with Crippen molar-refractivity contribution in [1.29, 1.82) is 0 Å². The molecule has 0 aliphatic carbocycles. The number of benzene rings is 2. The number of carbonyl (C=O) groups is 1. The average Bonchev–Trinajstić information content (AvgIpc) is 3.01. The standard InChI is InChI=1S/C17H17FN2O5S/c1-24-14-6-4-13(5-7-14)20-11-15(25-17(20)21)10-19-26(22,23)16-8-2-12(18)3-9-16/h2-9,15,19H,10-11H2,1H3. The Morgan fingerprint density at radius 1 is 1.19 bits per heavy atom. The van der Waals surface area contributed by atoms with Gasteiger partial charge in [-0.3, -0.25) is 4.90 Å². The lowest BCUT2D eigenvalue weighted by atomic mass is 10.2. The number of hydrogen-bond donors (Lipinski definition) is 1. The molecule has 9 heteroatoms. The van der Waals surface area contributed by atoms with Crippen LogP contribution in [0.2, 0.25) is 0 Å². The number of methoxy groups -OCH3 is 1. The molecule has 0 radical (unpaired) electrons. The zero-order valence-electron chi connectivity index (χ0n) is 13.9. The Kier molecular flexibility index (Phi) is 5.10. The van der Waals surface area contributed by atoms with Gasteiger partial charge in [-0.1, -0.05) is 0 Å². The smallest absolute Gasteiger partial charge is 0.414 e. The molecule has 2 aromatic carbocycles. The van der Waals surface area contributed by atoms with Crippen LogP contribution in [0.25, 0.3) is 0 Å². The maximum absolute atomic E-state index is 12.9. The van der Waals surface area contributed by atoms with Crippen LogP contribution in [-0.4, -0.2) is 40.8 Å². The van der Waals surface area contributed by atoms with Crippen molar-refractivity contribution in [2.75, 3.05) is 25.1 Å². The molecule has 1 unspecified atom stereocenters. The number of sulfonamides is 1. The quantitative estimate of drug-likeness (QED) is 0.830. The van der Waals surface area contributed by atoms with E-state index in [0.717, 1.165) is 12.1 Å². The van der Waals surface area contributed by atoms with Gasteiger partial charge in [0.25, 0.3) is 0 Å². The molecule has 1 aliphatic rings. The molecule has 1 atom stereocenters. The number of amides is 1. The first kappa shape index (κ1) is 18.2. The van der Waals surface area contributed by atoms with Crippen molar-refractivity contribution in [3.05, 3.63) is 54.3 Å². The van der Waals surface area contributed by atoms with E-state index in [1.807, 2.05) is 0 Å². The normalized spacial score (nSPS) is 17.2. The van der Waals surface area contributed by atoms with Gasteiger partial charge in [0.15, 0.2) is 0 Å². The van der Waals surface area contributed by atoms with Gasteiger partial charge < -0.3 is 9.47 Å². The molecule has 1 fully saturated rings. The molecule has 0 aromatic heterocycles. The van der Waals surface area contributed by atoms with Crippen molar-refractivity contribution in [1.82, 2.24) is 4.72 Å². The molecule has 7 nitrogen and oxygen atoms in total. The molecule has 2 aromatic rings. The number of halogens is 1. The number of anilines is 1. The highest BCUT2D eigenvalue weighted by atomic mass is 32.2. The Morgan fingerprint density at radius 2 is 1.85 bits per heavy atom. The van der Waals surface area contributed by atoms with Crippen LogP contribution in [0.3, 0.4) is 0 Å². The van der Waals surface area contributed by atoms with Gasteiger partial charge in [0.1, 0.15) is 17.7 Å². The Labute approximate surface area is 150 Å². The number of cyclic esters (lactones) is 1. The van der Waals surface area contributed by atoms with E-state index in [1.54, 1.807) is 31.4 Å². The molecule has 1 N–H and O–H groups in total. The van der Waals surface area contributed by atoms with Gasteiger partial charge in [-0.15, -0.1) is 0 Å². The summed E-state index contributed by atoms with van der Waals surface area (Å²) < 4.78 is 50.0. The van der Waals surface area contributed by atoms with Crippen LogP contribution < -0.4 is 14.4 Å². The monoisotopic (exact) mass is 380 g/mol. The predicted molar refractivity (Wildman–Crippen MR) is 92.2 cm³/mol. The van der Waals surface area contributed by atoms with Crippen LogP contribution in [0, 0.1) is 5.82 Å². The summed E-state index contributed by atoms with van der Waals surface area (Å²) in [4.78, 5) is 13.4. The van der Waals surface area contributed by atoms with Crippen LogP contribution in [0.5, 0.6) is 5.75 Å². The molecule has 0 spiro atoms. The number of rotatable bonds is 6. The molecular weight excluding hydrogens is 363 g/mol. The summed E-state index contributed by atoms with van der Waals surface area (Å²) in [5, 5.41) is 0. The first-order chi connectivity index (χ1) is 12.4. The van der Waals surface area contributed by atoms with Gasteiger partial charge in [0, 0.05) is 12.2 Å². The van der Waals surface area contributed by atoms with Gasteiger partial charge >= 0.3 is 6.09 Å². The SMILES string of the molecule is COc1ccc(N2CC(CNS(=O)(=O)c3ccc(F)cc3)OC2=O)cc1. The van der Waals surface area contributed by atoms with Crippen molar-refractivity contribution in [2.45, 2.75) is 11.0 Å². The van der Waals surface area contributed by atoms with Crippen molar-refractivity contribution >= 4 is 21.8 Å². The fourth-order valence-electron chi connectivity index (χ4n) is 2.50. The number of ether oxygens (including phenoxy) is 2. The fraction of sp³-hybridized carbons (Fsp3) is 0.235. The van der Waals surface area contributed by atoms with Gasteiger partial charge in [-0.2, -0.15) is 0 Å². The van der Waals surface area contributed by atoms with E-state index in [2.05, 4.69) is 4.72 Å². The van der Waals surface area contributed by atoms with Gasteiger partial charge in [0.2, 0.25) is 10.0 Å². The largest absolute Gasteiger partial charge is 0.497 e. The van der Waals surface area contributed by atoms with Crippen molar-refractivity contribution in [3.8, 4) is 5.75 Å². The Bertz CT molecular complexity index is 884. The molecule has 0 saturated carbocycles. The van der Waals surface area contributed by atoms with Gasteiger partial charge in [0.05, 0.1) is 18.6 Å². The van der Waals surface area contributed by atoms with Crippen LogP contribution in [0.4, 0.5) is 14.9 Å². The molecular formula is C17H17FN2O5S. The summed E-state index contributed by atoms with van der Waals surface area (Å²) in [7, 11) is -2.27. The van der Waals surface area contributed by atoms with Crippen LogP contribution in [0.15, 0.2) is 53.4 Å². The third kappa shape index (κ3) is 3.94. The maximum atomic E-state index is 12.9. The highest BCUT2D eigenvalue weighted by Gasteiger charge is 2.33. The second-order valence-corrected chi connectivity index (χ2v) is 7.39. The number of nitrogens with one attached hydrogen (secondary N) is 1. The zero-order chi connectivity index (χ0) is 18.7. The summed E-state index contributed by atoms with van der Waals surface area (Å²) in [6.07, 6.45) is -1.19. The van der Waals surface area contributed by atoms with E-state index in [9.17, 15) is 17.6 Å². The lowest BCUT2D eigenvalue weighted by molar-refractivity contribution is 0.143. The Morgan fingerprint density at radius 3 is 2.46 bits per heavy atom. The minimum Gasteiger partial charge on any atom is -0.497 e. The van der Waals surface area contributed by atoms with Gasteiger partial charge in [-0.25, -0.2) is 22.3 Å². The van der Waals surface area contributed by atoms with Crippen LogP contribution in [-0.2, 0) is 14.8 Å². The molecule has 1 aliphatic heterocycles. The highest BCUT2D eigenvalue weighted by molar-refractivity contribution is 7.89. The molecule has 1 heterocycles. The molecule has 138 valence electrons. The maximum Gasteiger partial charge on any atom is 0.414 e. The Balaban J connectivity index is 1.62. The topological polar surface area (TPSA) is 84.9 Å². The number of carbonyl (C=O) groups excluding carboxylic acids is 1. The van der Waals surface area contributed by atoms with E-state index in [1.165, 1.54) is 17.0 Å². The predicted octanol–water partition coefficient (Wildman–Crippen LogP) is 2.14. The van der Waals surface area contributed by atoms with Crippen molar-refractivity contribution in [3.63, 3.8) is 0 Å². The lowest BCUT2D eigenvalue weighted by Gasteiger charge is -2.13. The summed E-state index contributed by atoms with van der Waals surface area (Å²) in [5.74, 6) is 0.133. The first-order valence-electron chi connectivity index (χ1n) is 7.76. The second kappa shape index (κ2) is 7.30. The van der Waals surface area contributed by atoms with Crippen LogP contribution >= 0.6 is 0 Å². The first-order valence-corrected chi connectivity index (χ1v) is 9.25. The molecule has 26 heavy (non-hydrogen) atoms. The van der Waals surface area contributed by atoms with E-state index >= 15 is 0 Å². The van der Waals surface area contributed by atoms with E-state index in [4.69, 9.17) is 9.47 Å². The minimum atomic E-state index is -3.82. The summed E-state index contributed by atoms with van der Waals surface area (Å²) in [6, 6.07) is 11.3. The third-order valence-electron chi connectivity index (χ3n) is 3.88. The Hall–Kier alpha value is -2.65. The van der Waals surface area contributed by atoms with E-state index < -0.39 is 28.0 Å². The van der Waals surface area contributed by atoms with Gasteiger partial charge in [-0.05, 0) is 48.5 Å². The van der Waals surface area contributed by atoms with Crippen LogP contribution in [0.1, 0.15) is 0 Å². The summed E-state index contributed by atoms with van der Waals surface area (Å²) >= 11 is 0.